The summed E-state index contributed by atoms with van der Waals surface area (Å²) in [6.45, 7) is 2.15. The minimum absolute atomic E-state index is 0.105. The van der Waals surface area contributed by atoms with E-state index in [4.69, 9.17) is 9.84 Å². The summed E-state index contributed by atoms with van der Waals surface area (Å²) in [4.78, 5) is 10.8. The Kier molecular flexibility index (Phi) is 7.42. The number of methoxy groups -OCH3 is 1. The molecular formula is C24H36O5. The maximum atomic E-state index is 10.8. The molecule has 0 radical (unpaired) electrons. The Morgan fingerprint density at radius 1 is 1.31 bits per heavy atom. The van der Waals surface area contributed by atoms with Crippen LogP contribution >= 0.6 is 0 Å². The topological polar surface area (TPSA) is 87.0 Å². The van der Waals surface area contributed by atoms with Gasteiger partial charge in [0.1, 0.15) is 6.10 Å². The summed E-state index contributed by atoms with van der Waals surface area (Å²) in [5.41, 5.74) is 0.818. The lowest BCUT2D eigenvalue weighted by Gasteiger charge is -2.61. The molecule has 0 saturated heterocycles. The van der Waals surface area contributed by atoms with Crippen molar-refractivity contribution < 1.29 is 24.9 Å². The molecule has 0 bridgehead atoms. The highest BCUT2D eigenvalue weighted by molar-refractivity contribution is 5.66. The van der Waals surface area contributed by atoms with E-state index in [0.29, 0.717) is 12.8 Å². The lowest BCUT2D eigenvalue weighted by molar-refractivity contribution is -0.162. The van der Waals surface area contributed by atoms with Crippen molar-refractivity contribution in [3.05, 3.63) is 11.6 Å². The zero-order valence-corrected chi connectivity index (χ0v) is 17.8. The molecule has 0 spiro atoms. The van der Waals surface area contributed by atoms with Gasteiger partial charge >= 0.3 is 5.97 Å². The first kappa shape index (κ1) is 22.3. The van der Waals surface area contributed by atoms with Crippen molar-refractivity contribution in [2.75, 3.05) is 7.11 Å². The number of carboxylic acid groups (broad SMARTS) is 1. The number of carbonyl (C=O) groups is 1. The van der Waals surface area contributed by atoms with Gasteiger partial charge in [-0.1, -0.05) is 44.1 Å². The average Bonchev–Trinajstić information content (AvgIpc) is 2.72. The summed E-state index contributed by atoms with van der Waals surface area (Å²) in [7, 11) is 1.73. The minimum atomic E-state index is -0.767. The number of aliphatic hydroxyl groups is 2. The van der Waals surface area contributed by atoms with Crippen LogP contribution in [0.5, 0.6) is 0 Å². The molecule has 2 unspecified atom stereocenters. The molecule has 0 aromatic rings. The van der Waals surface area contributed by atoms with Gasteiger partial charge in [0.2, 0.25) is 0 Å². The van der Waals surface area contributed by atoms with Crippen LogP contribution in [0.15, 0.2) is 11.6 Å². The monoisotopic (exact) mass is 404 g/mol. The predicted octanol–water partition coefficient (Wildman–Crippen LogP) is 3.53. The maximum absolute atomic E-state index is 10.8. The Labute approximate surface area is 174 Å². The van der Waals surface area contributed by atoms with Crippen LogP contribution in [0.25, 0.3) is 0 Å². The van der Waals surface area contributed by atoms with Crippen molar-refractivity contribution in [2.24, 2.45) is 23.7 Å². The molecule has 3 aliphatic carbocycles. The number of fused-ring (bicyclic) bond motifs is 1. The van der Waals surface area contributed by atoms with Crippen molar-refractivity contribution in [3.63, 3.8) is 0 Å². The van der Waals surface area contributed by atoms with Crippen molar-refractivity contribution in [1.29, 1.82) is 0 Å². The van der Waals surface area contributed by atoms with Crippen molar-refractivity contribution in [3.8, 4) is 11.8 Å². The van der Waals surface area contributed by atoms with E-state index in [2.05, 4.69) is 24.8 Å². The minimum Gasteiger partial charge on any atom is -0.481 e. The second-order valence-corrected chi connectivity index (χ2v) is 9.12. The van der Waals surface area contributed by atoms with Gasteiger partial charge < -0.3 is 20.1 Å². The zero-order chi connectivity index (χ0) is 21.0. The van der Waals surface area contributed by atoms with E-state index in [9.17, 15) is 15.0 Å². The molecular weight excluding hydrogens is 368 g/mol. The molecule has 3 rings (SSSR count). The highest BCUT2D eigenvalue weighted by atomic mass is 16.5. The number of aliphatic hydroxyl groups excluding tert-OH is 2. The van der Waals surface area contributed by atoms with Gasteiger partial charge in [-0.05, 0) is 55.9 Å². The van der Waals surface area contributed by atoms with E-state index < -0.39 is 23.8 Å². The van der Waals surface area contributed by atoms with E-state index in [0.717, 1.165) is 38.5 Å². The summed E-state index contributed by atoms with van der Waals surface area (Å²) >= 11 is 0. The van der Waals surface area contributed by atoms with Gasteiger partial charge in [-0.25, -0.2) is 0 Å². The third-order valence-corrected chi connectivity index (χ3v) is 7.49. The van der Waals surface area contributed by atoms with Crippen molar-refractivity contribution in [2.45, 2.75) is 88.9 Å². The SMILES string of the molecule is CO[C@]12CC[C@@H](O)[C@H](C#CC(O)C3CCCCC3)[C@H]1C(C)C2=CCCCC(=O)O. The first-order chi connectivity index (χ1) is 13.9. The lowest BCUT2D eigenvalue weighted by atomic mass is 9.48. The Morgan fingerprint density at radius 2 is 2.03 bits per heavy atom. The van der Waals surface area contributed by atoms with Crippen LogP contribution in [0.4, 0.5) is 0 Å². The van der Waals surface area contributed by atoms with Gasteiger partial charge in [-0.3, -0.25) is 4.79 Å². The molecule has 3 saturated carbocycles. The molecule has 6 atom stereocenters. The Bertz CT molecular complexity index is 668. The van der Waals surface area contributed by atoms with Crippen LogP contribution in [0, 0.1) is 35.5 Å². The van der Waals surface area contributed by atoms with Gasteiger partial charge in [0.15, 0.2) is 0 Å². The first-order valence-corrected chi connectivity index (χ1v) is 11.3. The fraction of sp³-hybridized carbons (Fsp3) is 0.792. The number of hydrogen-bond acceptors (Lipinski definition) is 4. The molecule has 3 N–H and O–H groups in total. The molecule has 5 nitrogen and oxygen atoms in total. The smallest absolute Gasteiger partial charge is 0.303 e. The molecule has 0 heterocycles. The Balaban J connectivity index is 1.72. The number of allylic oxidation sites excluding steroid dienone is 1. The summed E-state index contributed by atoms with van der Waals surface area (Å²) in [5.74, 6) is 5.97. The van der Waals surface area contributed by atoms with Crippen LogP contribution in [-0.4, -0.2) is 46.2 Å². The van der Waals surface area contributed by atoms with Gasteiger partial charge in [0.05, 0.1) is 17.6 Å². The van der Waals surface area contributed by atoms with Gasteiger partial charge in [0.25, 0.3) is 0 Å². The number of hydrogen-bond donors (Lipinski definition) is 3. The van der Waals surface area contributed by atoms with Crippen LogP contribution in [0.2, 0.25) is 0 Å². The molecule has 0 aromatic heterocycles. The van der Waals surface area contributed by atoms with E-state index in [1.165, 1.54) is 12.0 Å². The lowest BCUT2D eigenvalue weighted by Crippen LogP contribution is -2.64. The fourth-order valence-electron chi connectivity index (χ4n) is 5.93. The fourth-order valence-corrected chi connectivity index (χ4v) is 5.93. The van der Waals surface area contributed by atoms with Crippen LogP contribution in [-0.2, 0) is 9.53 Å². The summed E-state index contributed by atoms with van der Waals surface area (Å²) in [6, 6.07) is 0. The first-order valence-electron chi connectivity index (χ1n) is 11.3. The molecule has 3 aliphatic rings. The normalized spacial score (nSPS) is 37.2. The highest BCUT2D eigenvalue weighted by Gasteiger charge is 2.62. The summed E-state index contributed by atoms with van der Waals surface area (Å²) in [6.07, 6.45) is 9.59. The predicted molar refractivity (Wildman–Crippen MR) is 111 cm³/mol. The highest BCUT2D eigenvalue weighted by Crippen LogP contribution is 2.60. The summed E-state index contributed by atoms with van der Waals surface area (Å²) < 4.78 is 6.01. The second-order valence-electron chi connectivity index (χ2n) is 9.12. The largest absolute Gasteiger partial charge is 0.481 e. The van der Waals surface area contributed by atoms with E-state index in [-0.39, 0.29) is 30.1 Å². The van der Waals surface area contributed by atoms with Gasteiger partial charge in [0, 0.05) is 19.4 Å². The molecule has 5 heteroatoms. The molecule has 0 aromatic carbocycles. The molecule has 0 aliphatic heterocycles. The van der Waals surface area contributed by atoms with Gasteiger partial charge in [-0.2, -0.15) is 0 Å². The second kappa shape index (κ2) is 9.64. The average molecular weight is 405 g/mol. The quantitative estimate of drug-likeness (QED) is 0.358. The van der Waals surface area contributed by atoms with Crippen molar-refractivity contribution in [1.82, 2.24) is 0 Å². The third kappa shape index (κ3) is 4.55. The van der Waals surface area contributed by atoms with Crippen LogP contribution < -0.4 is 0 Å². The van der Waals surface area contributed by atoms with E-state index in [1.807, 2.05) is 0 Å². The molecule has 29 heavy (non-hydrogen) atoms. The molecule has 0 amide bonds. The number of ether oxygens (including phenoxy) is 1. The number of aliphatic carboxylic acids is 1. The molecule has 3 fully saturated rings. The van der Waals surface area contributed by atoms with Crippen LogP contribution in [0.3, 0.4) is 0 Å². The van der Waals surface area contributed by atoms with E-state index in [1.54, 1.807) is 7.11 Å². The van der Waals surface area contributed by atoms with Gasteiger partial charge in [-0.15, -0.1) is 0 Å². The van der Waals surface area contributed by atoms with Crippen LogP contribution in [0.1, 0.15) is 71.1 Å². The maximum Gasteiger partial charge on any atom is 0.303 e. The Hall–Kier alpha value is -1.35. The third-order valence-electron chi connectivity index (χ3n) is 7.49. The van der Waals surface area contributed by atoms with Crippen molar-refractivity contribution >= 4 is 5.97 Å². The zero-order valence-electron chi connectivity index (χ0n) is 17.8. The number of carboxylic acids is 1. The number of rotatable bonds is 6. The number of unbranched alkanes of at least 4 members (excludes halogenated alkanes) is 1. The molecule has 162 valence electrons. The van der Waals surface area contributed by atoms with E-state index >= 15 is 0 Å². The Morgan fingerprint density at radius 3 is 2.69 bits per heavy atom. The standard InChI is InChI=1S/C24H36O5/c1-16-19(10-6-7-11-22(27)28)24(29-2)15-14-21(26)18(23(16)24)12-13-20(25)17-8-4-3-5-9-17/h10,16-18,20-21,23,25-26H,3-9,11,14-15H2,1-2H3,(H,27,28)/t16?,18-,20?,21+,23+,24-/m0/s1. The summed E-state index contributed by atoms with van der Waals surface area (Å²) in [5, 5.41) is 30.1.